The van der Waals surface area contributed by atoms with Crippen LogP contribution >= 0.6 is 0 Å². The van der Waals surface area contributed by atoms with Gasteiger partial charge in [-0.3, -0.25) is 0 Å². The van der Waals surface area contributed by atoms with Gasteiger partial charge in [0.2, 0.25) is 0 Å². The molecule has 0 aromatic heterocycles. The van der Waals surface area contributed by atoms with Crippen molar-refractivity contribution in [3.05, 3.63) is 46.8 Å². The zero-order chi connectivity index (χ0) is 13.7. The van der Waals surface area contributed by atoms with Gasteiger partial charge in [-0.25, -0.2) is 17.6 Å². The Labute approximate surface area is 107 Å². The maximum atomic E-state index is 13.8. The van der Waals surface area contributed by atoms with E-state index in [2.05, 4.69) is 5.32 Å². The highest BCUT2D eigenvalue weighted by Crippen LogP contribution is 2.42. The summed E-state index contributed by atoms with van der Waals surface area (Å²) >= 11 is 0. The highest BCUT2D eigenvalue weighted by Gasteiger charge is 2.40. The van der Waals surface area contributed by atoms with Gasteiger partial charge in [0, 0.05) is 41.9 Å². The third-order valence-corrected chi connectivity index (χ3v) is 3.90. The van der Waals surface area contributed by atoms with Gasteiger partial charge in [0.15, 0.2) is 23.3 Å². The first-order valence-electron chi connectivity index (χ1n) is 6.02. The van der Waals surface area contributed by atoms with E-state index in [0.29, 0.717) is 13.2 Å². The summed E-state index contributed by atoms with van der Waals surface area (Å²) in [6.07, 6.45) is 1.77. The van der Waals surface area contributed by atoms with Gasteiger partial charge in [-0.2, -0.15) is 0 Å². The molecule has 0 saturated carbocycles. The Morgan fingerprint density at radius 2 is 1.79 bits per heavy atom. The largest absolute Gasteiger partial charge is 0.372 e. The highest BCUT2D eigenvalue weighted by molar-refractivity contribution is 5.32. The lowest BCUT2D eigenvalue weighted by molar-refractivity contribution is 0.382. The summed E-state index contributed by atoms with van der Waals surface area (Å²) < 4.78 is 54.2. The fraction of sp³-hybridized carbons (Fsp3) is 0.385. The number of nitrogens with one attached hydrogen (secondary N) is 1. The van der Waals surface area contributed by atoms with Gasteiger partial charge in [0.25, 0.3) is 0 Å². The molecule has 3 rings (SSSR count). The molecule has 102 valence electrons. The van der Waals surface area contributed by atoms with E-state index in [4.69, 9.17) is 0 Å². The number of hydrogen-bond acceptors (Lipinski definition) is 2. The standard InChI is InChI=1S/C13H12F4N2/c1-6-7(4-19-5-18-3-10(6)19)11-12(16)8(14)2-9(15)13(11)17/h2-3,6-7,18H,4-5H2,1H3/t6-,7+/m0/s1. The van der Waals surface area contributed by atoms with Crippen LogP contribution in [-0.4, -0.2) is 18.1 Å². The van der Waals surface area contributed by atoms with Crippen molar-refractivity contribution < 1.29 is 17.6 Å². The van der Waals surface area contributed by atoms with Gasteiger partial charge in [-0.15, -0.1) is 0 Å². The van der Waals surface area contributed by atoms with E-state index in [0.717, 1.165) is 5.70 Å². The fourth-order valence-corrected chi connectivity index (χ4v) is 2.89. The molecular weight excluding hydrogens is 260 g/mol. The van der Waals surface area contributed by atoms with Crippen molar-refractivity contribution in [2.75, 3.05) is 13.2 Å². The van der Waals surface area contributed by atoms with Gasteiger partial charge in [0.1, 0.15) is 0 Å². The summed E-state index contributed by atoms with van der Waals surface area (Å²) in [7, 11) is 0. The van der Waals surface area contributed by atoms with Crippen molar-refractivity contribution >= 4 is 0 Å². The van der Waals surface area contributed by atoms with Crippen LogP contribution in [0, 0.1) is 29.2 Å². The molecule has 0 bridgehead atoms. The molecule has 19 heavy (non-hydrogen) atoms. The molecule has 0 spiro atoms. The molecule has 6 heteroatoms. The maximum Gasteiger partial charge on any atom is 0.165 e. The number of nitrogens with zero attached hydrogens (tertiary/aromatic N) is 1. The topological polar surface area (TPSA) is 15.3 Å². The van der Waals surface area contributed by atoms with Crippen molar-refractivity contribution in [1.82, 2.24) is 10.2 Å². The maximum absolute atomic E-state index is 13.8. The molecule has 0 amide bonds. The average molecular weight is 272 g/mol. The minimum Gasteiger partial charge on any atom is -0.372 e. The number of halogens is 4. The van der Waals surface area contributed by atoms with Crippen molar-refractivity contribution in [1.29, 1.82) is 0 Å². The van der Waals surface area contributed by atoms with Crippen LogP contribution in [0.2, 0.25) is 0 Å². The molecule has 2 aliphatic rings. The Bertz CT molecular complexity index is 544. The Hall–Kier alpha value is -1.72. The SMILES string of the molecule is C[C@@H]1C2=CNCN2C[C@H]1c1c(F)c(F)cc(F)c1F. The van der Waals surface area contributed by atoms with Crippen molar-refractivity contribution in [3.63, 3.8) is 0 Å². The molecule has 0 aliphatic carbocycles. The highest BCUT2D eigenvalue weighted by atomic mass is 19.2. The number of fused-ring (bicyclic) bond motifs is 1. The molecule has 0 radical (unpaired) electrons. The molecule has 1 aromatic rings. The smallest absolute Gasteiger partial charge is 0.165 e. The van der Waals surface area contributed by atoms with Gasteiger partial charge in [0.05, 0.1) is 6.67 Å². The predicted octanol–water partition coefficient (Wildman–Crippen LogP) is 2.68. The van der Waals surface area contributed by atoms with E-state index in [1.807, 2.05) is 4.90 Å². The van der Waals surface area contributed by atoms with Crippen LogP contribution in [0.4, 0.5) is 17.6 Å². The van der Waals surface area contributed by atoms with Gasteiger partial charge in [-0.1, -0.05) is 6.92 Å². The summed E-state index contributed by atoms with van der Waals surface area (Å²) in [5, 5.41) is 3.01. The van der Waals surface area contributed by atoms with Crippen LogP contribution in [0.25, 0.3) is 0 Å². The van der Waals surface area contributed by atoms with E-state index >= 15 is 0 Å². The van der Waals surface area contributed by atoms with Crippen LogP contribution < -0.4 is 5.32 Å². The number of benzene rings is 1. The molecule has 2 atom stereocenters. The molecule has 1 aromatic carbocycles. The minimum absolute atomic E-state index is 0.194. The van der Waals surface area contributed by atoms with Gasteiger partial charge >= 0.3 is 0 Å². The number of hydrogen-bond donors (Lipinski definition) is 1. The van der Waals surface area contributed by atoms with Crippen molar-refractivity contribution in [3.8, 4) is 0 Å². The van der Waals surface area contributed by atoms with Crippen LogP contribution in [-0.2, 0) is 0 Å². The molecule has 2 heterocycles. The second-order valence-corrected chi connectivity index (χ2v) is 4.93. The number of rotatable bonds is 1. The van der Waals surface area contributed by atoms with E-state index in [1.54, 1.807) is 13.1 Å². The summed E-state index contributed by atoms with van der Waals surface area (Å²) in [6, 6.07) is 0.246. The van der Waals surface area contributed by atoms with Gasteiger partial charge < -0.3 is 10.2 Å². The lowest BCUT2D eigenvalue weighted by Crippen LogP contribution is -2.23. The Balaban J connectivity index is 2.09. The molecular formula is C13H12F4N2. The average Bonchev–Trinajstić information content (AvgIpc) is 2.92. The van der Waals surface area contributed by atoms with E-state index in [9.17, 15) is 17.6 Å². The second-order valence-electron chi connectivity index (χ2n) is 4.93. The Morgan fingerprint density at radius 3 is 2.37 bits per heavy atom. The summed E-state index contributed by atoms with van der Waals surface area (Å²) in [4.78, 5) is 1.91. The summed E-state index contributed by atoms with van der Waals surface area (Å²) in [5.74, 6) is -6.05. The van der Waals surface area contributed by atoms with E-state index in [1.165, 1.54) is 0 Å². The summed E-state index contributed by atoms with van der Waals surface area (Å²) in [5.41, 5.74) is 0.425. The van der Waals surface area contributed by atoms with Crippen LogP contribution in [0.1, 0.15) is 18.4 Å². The minimum atomic E-state index is -1.35. The lowest BCUT2D eigenvalue weighted by Gasteiger charge is -2.17. The van der Waals surface area contributed by atoms with Crippen LogP contribution in [0.5, 0.6) is 0 Å². The zero-order valence-corrected chi connectivity index (χ0v) is 10.2. The fourth-order valence-electron chi connectivity index (χ4n) is 2.89. The quantitative estimate of drug-likeness (QED) is 0.624. The third kappa shape index (κ3) is 1.69. The summed E-state index contributed by atoms with van der Waals surface area (Å²) in [6.45, 7) is 2.69. The van der Waals surface area contributed by atoms with Crippen LogP contribution in [0.3, 0.4) is 0 Å². The van der Waals surface area contributed by atoms with Gasteiger partial charge in [-0.05, 0) is 0 Å². The lowest BCUT2D eigenvalue weighted by atomic mass is 9.88. The molecule has 1 N–H and O–H groups in total. The van der Waals surface area contributed by atoms with Crippen molar-refractivity contribution in [2.24, 2.45) is 5.92 Å². The third-order valence-electron chi connectivity index (χ3n) is 3.90. The Morgan fingerprint density at radius 1 is 1.16 bits per heavy atom. The number of allylic oxidation sites excluding steroid dienone is 1. The zero-order valence-electron chi connectivity index (χ0n) is 10.2. The second kappa shape index (κ2) is 4.15. The first kappa shape index (κ1) is 12.3. The Kier molecular flexibility index (Phi) is 2.69. The first-order chi connectivity index (χ1) is 9.00. The normalized spacial score (nSPS) is 25.3. The molecule has 1 fully saturated rings. The van der Waals surface area contributed by atoms with E-state index < -0.39 is 34.8 Å². The molecule has 1 saturated heterocycles. The monoisotopic (exact) mass is 272 g/mol. The first-order valence-corrected chi connectivity index (χ1v) is 6.02. The molecule has 0 unspecified atom stereocenters. The predicted molar refractivity (Wildman–Crippen MR) is 61.0 cm³/mol. The van der Waals surface area contributed by atoms with Crippen LogP contribution in [0.15, 0.2) is 18.0 Å². The molecule has 2 nitrogen and oxygen atoms in total. The van der Waals surface area contributed by atoms with Crippen molar-refractivity contribution in [2.45, 2.75) is 12.8 Å². The molecule has 2 aliphatic heterocycles. The van der Waals surface area contributed by atoms with E-state index in [-0.39, 0.29) is 12.0 Å².